The summed E-state index contributed by atoms with van der Waals surface area (Å²) in [6.07, 6.45) is 12.4. The van der Waals surface area contributed by atoms with Crippen molar-refractivity contribution in [3.8, 4) is 5.75 Å². The van der Waals surface area contributed by atoms with E-state index in [1.165, 1.54) is 50.4 Å². The fourth-order valence-corrected chi connectivity index (χ4v) is 4.64. The zero-order valence-corrected chi connectivity index (χ0v) is 17.3. The fraction of sp³-hybridized carbons (Fsp3) is 0.667. The van der Waals surface area contributed by atoms with E-state index in [2.05, 4.69) is 13.0 Å². The van der Waals surface area contributed by atoms with Crippen LogP contribution in [0.15, 0.2) is 24.0 Å². The zero-order chi connectivity index (χ0) is 19.9. The first-order chi connectivity index (χ1) is 13.6. The lowest BCUT2D eigenvalue weighted by Crippen LogP contribution is -2.22. The Bertz CT molecular complexity index is 663. The average Bonchev–Trinajstić information content (AvgIpc) is 2.72. The summed E-state index contributed by atoms with van der Waals surface area (Å²) < 4.78 is 39.5. The van der Waals surface area contributed by atoms with Crippen molar-refractivity contribution in [2.24, 2.45) is 17.8 Å². The van der Waals surface area contributed by atoms with Gasteiger partial charge in [-0.1, -0.05) is 25.8 Å². The smallest absolute Gasteiger partial charge is 0.200 e. The molecule has 1 heterocycles. The normalized spacial score (nSPS) is 25.1. The maximum absolute atomic E-state index is 14.2. The summed E-state index contributed by atoms with van der Waals surface area (Å²) in [7, 11) is 0. The predicted molar refractivity (Wildman–Crippen MR) is 108 cm³/mol. The summed E-state index contributed by atoms with van der Waals surface area (Å²) in [5.41, 5.74) is 0.421. The highest BCUT2D eigenvalue weighted by Crippen LogP contribution is 2.37. The van der Waals surface area contributed by atoms with Crippen LogP contribution in [-0.4, -0.2) is 13.2 Å². The molecule has 1 unspecified atom stereocenters. The Morgan fingerprint density at radius 2 is 1.79 bits per heavy atom. The molecule has 156 valence electrons. The van der Waals surface area contributed by atoms with Crippen molar-refractivity contribution in [2.45, 2.75) is 71.6 Å². The molecule has 1 aliphatic heterocycles. The molecule has 1 fully saturated rings. The maximum atomic E-state index is 14.2. The van der Waals surface area contributed by atoms with Crippen molar-refractivity contribution in [1.82, 2.24) is 0 Å². The van der Waals surface area contributed by atoms with E-state index in [9.17, 15) is 8.78 Å². The second-order valence-corrected chi connectivity index (χ2v) is 8.35. The minimum Gasteiger partial charge on any atom is -0.498 e. The van der Waals surface area contributed by atoms with Crippen LogP contribution in [0.25, 0.3) is 0 Å². The van der Waals surface area contributed by atoms with Gasteiger partial charge in [-0.15, -0.1) is 0 Å². The Morgan fingerprint density at radius 3 is 2.43 bits per heavy atom. The summed E-state index contributed by atoms with van der Waals surface area (Å²) in [5, 5.41) is 0. The molecule has 0 N–H and O–H groups in total. The predicted octanol–water partition coefficient (Wildman–Crippen LogP) is 6.82. The molecule has 1 aromatic rings. The number of halogens is 2. The van der Waals surface area contributed by atoms with E-state index in [1.54, 1.807) is 13.0 Å². The molecule has 1 saturated carbocycles. The molecule has 0 bridgehead atoms. The second kappa shape index (κ2) is 10.3. The quantitative estimate of drug-likeness (QED) is 0.483. The number of aryl methyl sites for hydroxylation is 1. The number of hydrogen-bond donors (Lipinski definition) is 0. The highest BCUT2D eigenvalue weighted by molar-refractivity contribution is 5.31. The molecule has 0 saturated heterocycles. The van der Waals surface area contributed by atoms with Crippen LogP contribution in [-0.2, 0) is 11.2 Å². The van der Waals surface area contributed by atoms with Crippen molar-refractivity contribution < 1.29 is 18.3 Å². The van der Waals surface area contributed by atoms with Gasteiger partial charge in [0.1, 0.15) is 0 Å². The third kappa shape index (κ3) is 5.27. The van der Waals surface area contributed by atoms with Gasteiger partial charge in [0.05, 0.1) is 19.0 Å². The van der Waals surface area contributed by atoms with Crippen LogP contribution in [0.4, 0.5) is 8.78 Å². The molecule has 1 aliphatic carbocycles. The lowest BCUT2D eigenvalue weighted by molar-refractivity contribution is 0.0999. The van der Waals surface area contributed by atoms with Gasteiger partial charge in [0.2, 0.25) is 5.82 Å². The third-order valence-corrected chi connectivity index (χ3v) is 6.33. The first-order valence-corrected chi connectivity index (χ1v) is 11.0. The van der Waals surface area contributed by atoms with Gasteiger partial charge in [0, 0.05) is 5.92 Å². The molecular weight excluding hydrogens is 358 g/mol. The van der Waals surface area contributed by atoms with E-state index < -0.39 is 11.6 Å². The molecule has 2 nitrogen and oxygen atoms in total. The second-order valence-electron chi connectivity index (χ2n) is 8.35. The van der Waals surface area contributed by atoms with Gasteiger partial charge in [-0.3, -0.25) is 0 Å². The first kappa shape index (κ1) is 21.1. The minimum atomic E-state index is -0.875. The van der Waals surface area contributed by atoms with E-state index in [1.807, 2.05) is 0 Å². The van der Waals surface area contributed by atoms with Crippen LogP contribution in [0.2, 0.25) is 0 Å². The fourth-order valence-electron chi connectivity index (χ4n) is 4.64. The molecule has 2 aliphatic rings. The molecule has 4 heteroatoms. The summed E-state index contributed by atoms with van der Waals surface area (Å²) >= 11 is 0. The van der Waals surface area contributed by atoms with Crippen molar-refractivity contribution in [1.29, 1.82) is 0 Å². The van der Waals surface area contributed by atoms with E-state index in [4.69, 9.17) is 9.47 Å². The Morgan fingerprint density at radius 1 is 1.00 bits per heavy atom. The number of ether oxygens (including phenoxy) is 2. The number of rotatable bonds is 8. The van der Waals surface area contributed by atoms with E-state index in [-0.39, 0.29) is 5.75 Å². The van der Waals surface area contributed by atoms with E-state index in [0.717, 1.165) is 18.8 Å². The van der Waals surface area contributed by atoms with Gasteiger partial charge in [0.25, 0.3) is 0 Å². The van der Waals surface area contributed by atoms with Gasteiger partial charge in [-0.2, -0.15) is 4.39 Å². The Balaban J connectivity index is 1.47. The number of allylic oxidation sites excluding steroid dienone is 2. The van der Waals surface area contributed by atoms with Gasteiger partial charge in [-0.05, 0) is 81.4 Å². The molecule has 0 amide bonds. The minimum absolute atomic E-state index is 0.00835. The number of benzene rings is 1. The van der Waals surface area contributed by atoms with Crippen LogP contribution in [0.3, 0.4) is 0 Å². The molecule has 0 radical (unpaired) electrons. The van der Waals surface area contributed by atoms with E-state index >= 15 is 0 Å². The Kier molecular flexibility index (Phi) is 7.75. The Labute approximate surface area is 168 Å². The standard InChI is InChI=1S/C24H34F2O2/c1-3-5-17-6-10-19(11-7-17)21-14-9-18(16-28-21)8-12-20-13-15-22(27-4-2)24(26)23(20)25/h13-15,17-19H,3-12,16H2,1-2H3. The molecule has 3 rings (SSSR count). The molecule has 0 spiro atoms. The van der Waals surface area contributed by atoms with Crippen LogP contribution in [0.1, 0.15) is 70.8 Å². The number of hydrogen-bond acceptors (Lipinski definition) is 2. The maximum Gasteiger partial charge on any atom is 0.200 e. The lowest BCUT2D eigenvalue weighted by atomic mass is 9.78. The average molecular weight is 393 g/mol. The molecule has 28 heavy (non-hydrogen) atoms. The molecular formula is C24H34F2O2. The summed E-state index contributed by atoms with van der Waals surface area (Å²) in [4.78, 5) is 0. The summed E-state index contributed by atoms with van der Waals surface area (Å²) in [6, 6.07) is 3.17. The summed E-state index contributed by atoms with van der Waals surface area (Å²) in [6.45, 7) is 5.05. The van der Waals surface area contributed by atoms with Crippen molar-refractivity contribution in [2.75, 3.05) is 13.2 Å². The van der Waals surface area contributed by atoms with E-state index in [0.29, 0.717) is 37.0 Å². The monoisotopic (exact) mass is 392 g/mol. The largest absolute Gasteiger partial charge is 0.498 e. The molecule has 1 atom stereocenters. The van der Waals surface area contributed by atoms with Crippen molar-refractivity contribution >= 4 is 0 Å². The van der Waals surface area contributed by atoms with Gasteiger partial charge < -0.3 is 9.47 Å². The lowest BCUT2D eigenvalue weighted by Gasteiger charge is -2.33. The Hall–Kier alpha value is -1.58. The first-order valence-electron chi connectivity index (χ1n) is 11.0. The van der Waals surface area contributed by atoms with Gasteiger partial charge in [0.15, 0.2) is 11.6 Å². The highest BCUT2D eigenvalue weighted by atomic mass is 19.2. The molecule has 1 aromatic carbocycles. The SMILES string of the molecule is CCCC1CCC(C2=CCC(CCc3ccc(OCC)c(F)c3F)CO2)CC1. The van der Waals surface area contributed by atoms with Gasteiger partial charge in [-0.25, -0.2) is 4.39 Å². The van der Waals surface area contributed by atoms with Crippen molar-refractivity contribution in [3.63, 3.8) is 0 Å². The van der Waals surface area contributed by atoms with Crippen LogP contribution >= 0.6 is 0 Å². The zero-order valence-electron chi connectivity index (χ0n) is 17.3. The van der Waals surface area contributed by atoms with Gasteiger partial charge >= 0.3 is 0 Å². The van der Waals surface area contributed by atoms with Crippen LogP contribution in [0.5, 0.6) is 5.75 Å². The highest BCUT2D eigenvalue weighted by Gasteiger charge is 2.27. The topological polar surface area (TPSA) is 18.5 Å². The summed E-state index contributed by atoms with van der Waals surface area (Å²) in [5.74, 6) is 1.39. The van der Waals surface area contributed by atoms with Crippen molar-refractivity contribution in [3.05, 3.63) is 41.2 Å². The molecule has 0 aromatic heterocycles. The third-order valence-electron chi connectivity index (χ3n) is 6.33. The van der Waals surface area contributed by atoms with Crippen LogP contribution in [0, 0.1) is 29.4 Å². The van der Waals surface area contributed by atoms with Crippen LogP contribution < -0.4 is 4.74 Å².